The summed E-state index contributed by atoms with van der Waals surface area (Å²) in [6.07, 6.45) is 1.22. The Labute approximate surface area is 445 Å². The van der Waals surface area contributed by atoms with Crippen LogP contribution in [0.1, 0.15) is 183 Å². The third kappa shape index (κ3) is 27.0. The molecular weight excluding hydrogens is 944 g/mol. The van der Waals surface area contributed by atoms with E-state index in [9.17, 15) is 21.6 Å². The van der Waals surface area contributed by atoms with Crippen LogP contribution in [-0.4, -0.2) is 21.8 Å². The van der Waals surface area contributed by atoms with E-state index < -0.39 is 9.84 Å². The van der Waals surface area contributed by atoms with Crippen molar-refractivity contribution >= 4 is 9.84 Å². The molecule has 0 heterocycles. The number of ether oxygens (including phenoxy) is 1. The highest BCUT2D eigenvalue weighted by Crippen LogP contribution is 2.21. The quantitative estimate of drug-likeness (QED) is 0.144. The first kappa shape index (κ1) is 65.6. The third-order valence-corrected chi connectivity index (χ3v) is 12.6. The summed E-state index contributed by atoms with van der Waals surface area (Å²) in [5.41, 5.74) is 8.97. The highest BCUT2D eigenvalue weighted by atomic mass is 32.2. The lowest BCUT2D eigenvalue weighted by Gasteiger charge is -2.05. The van der Waals surface area contributed by atoms with Crippen LogP contribution in [0.3, 0.4) is 0 Å². The molecule has 0 saturated carbocycles. The van der Waals surface area contributed by atoms with Gasteiger partial charge in [0.2, 0.25) is 0 Å². The van der Waals surface area contributed by atoms with Gasteiger partial charge in [0.1, 0.15) is 23.2 Å². The van der Waals surface area contributed by atoms with Crippen LogP contribution in [0.4, 0.5) is 13.2 Å². The Kier molecular flexibility index (Phi) is 30.9. The molecule has 0 amide bonds. The van der Waals surface area contributed by atoms with Crippen molar-refractivity contribution in [3.05, 3.63) is 238 Å². The number of nitriles is 1. The third-order valence-electron chi connectivity index (χ3n) is 11.5. The van der Waals surface area contributed by atoms with Gasteiger partial charge in [-0.25, -0.2) is 21.6 Å². The molecule has 0 N–H and O–H groups in total. The summed E-state index contributed by atoms with van der Waals surface area (Å²) in [5, 5.41) is 8.52. The Morgan fingerprint density at radius 1 is 0.405 bits per heavy atom. The number of nitrogens with zero attached hydrogens (tertiary/aromatic N) is 1. The molecule has 0 radical (unpaired) electrons. The number of sulfone groups is 1. The van der Waals surface area contributed by atoms with Crippen LogP contribution < -0.4 is 4.74 Å². The fraction of sp³-hybridized carbons (Fsp3) is 0.348. The van der Waals surface area contributed by atoms with E-state index in [4.69, 9.17) is 10.00 Å². The van der Waals surface area contributed by atoms with Crippen molar-refractivity contribution in [3.63, 3.8) is 0 Å². The summed E-state index contributed by atoms with van der Waals surface area (Å²) in [7, 11) is -1.36. The van der Waals surface area contributed by atoms with Crippen LogP contribution in [-0.2, 0) is 9.84 Å². The average Bonchev–Trinajstić information content (AvgIpc) is 3.37. The summed E-state index contributed by atoms with van der Waals surface area (Å²) in [5.74, 6) is 3.93. The normalized spacial score (nSPS) is 10.5. The SMILES string of the molecule is CC(C)c1ccc(C#N)cc1.CC(C)c1ccc(F)cc1.CC(C)c1ccc(S(C)(=O)=O)cc1.CC(C)c1cccc(F)c1.CC(C)c1ccccc1.CC(C)c1ccccc1F.COc1ccc(C(C)C)cc1. The second-order valence-electron chi connectivity index (χ2n) is 20.0. The lowest BCUT2D eigenvalue weighted by molar-refractivity contribution is 0.414. The van der Waals surface area contributed by atoms with Crippen LogP contribution in [0.25, 0.3) is 0 Å². The van der Waals surface area contributed by atoms with Crippen LogP contribution in [0.15, 0.2) is 181 Å². The summed E-state index contributed by atoms with van der Waals surface area (Å²) in [6.45, 7) is 29.5. The zero-order valence-electron chi connectivity index (χ0n) is 47.0. The van der Waals surface area contributed by atoms with E-state index >= 15 is 0 Å². The van der Waals surface area contributed by atoms with E-state index in [2.05, 4.69) is 126 Å². The Morgan fingerprint density at radius 2 is 0.770 bits per heavy atom. The Balaban J connectivity index is 0.000000433. The van der Waals surface area contributed by atoms with E-state index in [1.807, 2.05) is 98.8 Å². The number of methoxy groups -OCH3 is 1. The Bertz CT molecular complexity index is 2720. The topological polar surface area (TPSA) is 67.2 Å². The van der Waals surface area contributed by atoms with Gasteiger partial charge in [0, 0.05) is 6.26 Å². The lowest BCUT2D eigenvalue weighted by Crippen LogP contribution is -1.97. The number of benzene rings is 7. The minimum Gasteiger partial charge on any atom is -0.497 e. The highest BCUT2D eigenvalue weighted by molar-refractivity contribution is 7.90. The molecule has 0 atom stereocenters. The Morgan fingerprint density at radius 3 is 1.09 bits per heavy atom. The molecule has 0 unspecified atom stereocenters. The number of hydrogen-bond acceptors (Lipinski definition) is 4. The van der Waals surface area contributed by atoms with Crippen molar-refractivity contribution in [1.82, 2.24) is 0 Å². The van der Waals surface area contributed by atoms with E-state index in [0.717, 1.165) is 28.0 Å². The van der Waals surface area contributed by atoms with Gasteiger partial charge in [-0.15, -0.1) is 0 Å². The maximum absolute atomic E-state index is 12.8. The average molecular weight is 1030 g/mol. The predicted octanol–water partition coefficient (Wildman–Crippen LogP) is 19.4. The zero-order valence-corrected chi connectivity index (χ0v) is 47.8. The molecule has 0 aromatic heterocycles. The molecule has 0 aliphatic rings. The van der Waals surface area contributed by atoms with Gasteiger partial charge in [0.25, 0.3) is 0 Å². The van der Waals surface area contributed by atoms with E-state index in [0.29, 0.717) is 40.4 Å². The van der Waals surface area contributed by atoms with Crippen LogP contribution in [0.2, 0.25) is 0 Å². The number of hydrogen-bond donors (Lipinski definition) is 0. The molecule has 0 spiro atoms. The molecule has 0 saturated heterocycles. The first-order valence-electron chi connectivity index (χ1n) is 25.5. The number of halogens is 3. The van der Waals surface area contributed by atoms with Gasteiger partial charge >= 0.3 is 0 Å². The molecule has 7 aromatic rings. The van der Waals surface area contributed by atoms with Crippen LogP contribution in [0, 0.1) is 28.8 Å². The van der Waals surface area contributed by atoms with E-state index in [-0.39, 0.29) is 23.4 Å². The zero-order chi connectivity index (χ0) is 56.0. The van der Waals surface area contributed by atoms with Gasteiger partial charge in [-0.2, -0.15) is 5.26 Å². The molecule has 0 fully saturated rings. The molecule has 8 heteroatoms. The molecule has 0 aliphatic carbocycles. The second kappa shape index (κ2) is 34.9. The smallest absolute Gasteiger partial charge is 0.175 e. The second-order valence-corrected chi connectivity index (χ2v) is 22.0. The molecule has 4 nitrogen and oxygen atoms in total. The van der Waals surface area contributed by atoms with Gasteiger partial charge < -0.3 is 4.74 Å². The first-order valence-corrected chi connectivity index (χ1v) is 27.4. The fourth-order valence-electron chi connectivity index (χ4n) is 6.53. The molecule has 0 bridgehead atoms. The molecule has 7 rings (SSSR count). The van der Waals surface area contributed by atoms with Crippen molar-refractivity contribution in [2.45, 2.75) is 143 Å². The van der Waals surface area contributed by atoms with Gasteiger partial charge in [0.05, 0.1) is 23.6 Å². The van der Waals surface area contributed by atoms with E-state index in [1.54, 1.807) is 37.4 Å². The van der Waals surface area contributed by atoms with Gasteiger partial charge in [-0.1, -0.05) is 206 Å². The van der Waals surface area contributed by atoms with Gasteiger partial charge in [-0.3, -0.25) is 0 Å². The summed E-state index contributed by atoms with van der Waals surface area (Å²) < 4.78 is 65.0. The molecule has 7 aromatic carbocycles. The van der Waals surface area contributed by atoms with Gasteiger partial charge in [0.15, 0.2) is 9.84 Å². The summed E-state index contributed by atoms with van der Waals surface area (Å²) >= 11 is 0. The summed E-state index contributed by atoms with van der Waals surface area (Å²) in [4.78, 5) is 0.386. The monoisotopic (exact) mass is 1030 g/mol. The van der Waals surface area contributed by atoms with Crippen LogP contribution in [0.5, 0.6) is 5.75 Å². The van der Waals surface area contributed by atoms with Gasteiger partial charge in [-0.05, 0) is 147 Å². The van der Waals surface area contributed by atoms with Crippen molar-refractivity contribution in [1.29, 1.82) is 5.26 Å². The fourth-order valence-corrected chi connectivity index (χ4v) is 7.16. The maximum atomic E-state index is 12.8. The first-order chi connectivity index (χ1) is 34.8. The molecule has 0 aliphatic heterocycles. The molecule has 398 valence electrons. The van der Waals surface area contributed by atoms with Crippen molar-refractivity contribution in [3.8, 4) is 11.8 Å². The van der Waals surface area contributed by atoms with Crippen molar-refractivity contribution < 1.29 is 26.3 Å². The van der Waals surface area contributed by atoms with E-state index in [1.165, 1.54) is 52.8 Å². The summed E-state index contributed by atoms with van der Waals surface area (Å²) in [6, 6.07) is 55.8. The lowest BCUT2D eigenvalue weighted by atomic mass is 10.0. The highest BCUT2D eigenvalue weighted by Gasteiger charge is 2.07. The Hall–Kier alpha value is -6.43. The standard InChI is InChI=1S/C10H11N.C10H14O2S.C10H14O.3C9H11F.C9H12/c1-8(2)10-5-3-9(7-11)4-6-10;1-8(2)9-4-6-10(7-5-9)13(3,11)12;1-8(2)9-4-6-10(11-3)7-5-9;1-7(2)8-3-5-9(10)6-4-8;1-7(2)8-4-3-5-9(10)6-8;1-7(2)8-5-3-4-6-9(8)10;1-8(2)9-6-4-3-5-7-9/h3-6,8H,1-2H3;4-8H,1-3H3;4-8H,1-3H3;3*3-7H,1-2H3;3-8H,1-2H3. The predicted molar refractivity (Wildman–Crippen MR) is 308 cm³/mol. The molecular formula is C66H84F3NO3S. The van der Waals surface area contributed by atoms with Crippen LogP contribution >= 0.6 is 0 Å². The van der Waals surface area contributed by atoms with Crippen molar-refractivity contribution in [2.75, 3.05) is 13.4 Å². The number of rotatable bonds is 9. The molecule has 74 heavy (non-hydrogen) atoms. The maximum Gasteiger partial charge on any atom is 0.175 e. The minimum atomic E-state index is -3.05. The minimum absolute atomic E-state index is 0.0995. The van der Waals surface area contributed by atoms with Crippen molar-refractivity contribution in [2.24, 2.45) is 0 Å². The largest absolute Gasteiger partial charge is 0.497 e.